The number of nitrogens with zero attached hydrogens (tertiary/aromatic N) is 5. The molecule has 2 aromatic carbocycles. The first-order valence-corrected chi connectivity index (χ1v) is 17.7. The number of carbonyl (C=O) groups is 2. The van der Waals surface area contributed by atoms with Crippen LogP contribution in [0.15, 0.2) is 65.8 Å². The van der Waals surface area contributed by atoms with E-state index < -0.39 is 17.2 Å². The topological polar surface area (TPSA) is 98.6 Å². The Hall–Kier alpha value is -3.66. The number of aromatic nitrogens is 1. The van der Waals surface area contributed by atoms with Crippen LogP contribution in [-0.2, 0) is 21.3 Å². The number of hydrogen-bond donors (Lipinski definition) is 1. The highest BCUT2D eigenvalue weighted by molar-refractivity contribution is 6.30. The highest BCUT2D eigenvalue weighted by Crippen LogP contribution is 2.57. The molecule has 4 heterocycles. The number of piperidine rings is 1. The van der Waals surface area contributed by atoms with Crippen LogP contribution >= 0.6 is 23.2 Å². The number of likely N-dealkylation sites (tertiary alicyclic amines) is 2. The maximum Gasteiger partial charge on any atom is 0.326 e. The molecule has 1 aromatic heterocycles. The van der Waals surface area contributed by atoms with Gasteiger partial charge in [-0.1, -0.05) is 68.2 Å². The first-order chi connectivity index (χ1) is 23.2. The number of halogens is 2. The van der Waals surface area contributed by atoms with Crippen LogP contribution in [0.5, 0.6) is 5.75 Å². The van der Waals surface area contributed by atoms with Gasteiger partial charge in [0.1, 0.15) is 22.7 Å². The van der Waals surface area contributed by atoms with Crippen LogP contribution in [0.1, 0.15) is 63.9 Å². The zero-order valence-electron chi connectivity index (χ0n) is 28.8. The molecule has 0 bridgehead atoms. The summed E-state index contributed by atoms with van der Waals surface area (Å²) >= 11 is 12.8. The van der Waals surface area contributed by atoms with Crippen molar-refractivity contribution in [2.45, 2.75) is 64.1 Å². The van der Waals surface area contributed by atoms with Crippen molar-refractivity contribution >= 4 is 41.0 Å². The molecule has 0 radical (unpaired) electrons. The number of hydrogen-bond acceptors (Lipinski definition) is 6. The normalized spacial score (nSPS) is 27.9. The van der Waals surface area contributed by atoms with Crippen LogP contribution in [0.4, 0.5) is 4.79 Å². The Kier molecular flexibility index (Phi) is 8.28. The maximum atomic E-state index is 15.2. The third-order valence-electron chi connectivity index (χ3n) is 11.0. The van der Waals surface area contributed by atoms with Gasteiger partial charge in [0, 0.05) is 65.5 Å². The van der Waals surface area contributed by atoms with E-state index in [2.05, 4.69) is 27.7 Å². The molecule has 3 amide bonds. The molecule has 1 N–H and O–H groups in total. The number of aliphatic hydroxyl groups is 1. The molecule has 0 unspecified atom stereocenters. The first kappa shape index (κ1) is 33.8. The van der Waals surface area contributed by atoms with E-state index in [0.717, 1.165) is 16.8 Å². The quantitative estimate of drug-likeness (QED) is 0.317. The minimum absolute atomic E-state index is 0.0866. The number of rotatable bonds is 6. The lowest BCUT2D eigenvalue weighted by Crippen LogP contribution is -2.58. The summed E-state index contributed by atoms with van der Waals surface area (Å²) < 4.78 is 6.26. The first-order valence-electron chi connectivity index (χ1n) is 17.0. The standard InChI is InChI=1S/C38H43Cl2N5O4/c1-7-49-30-16-31(36(2,3)4)41-17-27(30)33-42-37(5,22-8-12-24(39)13-9-22)38(6,23-10-14-25(40)15-11-23)45(33)35(48)44-20-28-29(21-44)32(28)34(47)43-18-26(46)19-43/h8-17,26,28-29,32,46H,7,18-21H2,1-6H3/t28-,29-,37-,38+/m0/s1. The zero-order valence-corrected chi connectivity index (χ0v) is 30.3. The van der Waals surface area contributed by atoms with Crippen molar-refractivity contribution in [3.05, 3.63) is 93.2 Å². The van der Waals surface area contributed by atoms with Gasteiger partial charge in [-0.05, 0) is 68.0 Å². The van der Waals surface area contributed by atoms with Gasteiger partial charge in [0.25, 0.3) is 0 Å². The second-order valence-corrected chi connectivity index (χ2v) is 16.0. The van der Waals surface area contributed by atoms with Crippen molar-refractivity contribution in [3.8, 4) is 5.75 Å². The van der Waals surface area contributed by atoms with Crippen molar-refractivity contribution in [1.82, 2.24) is 19.7 Å². The van der Waals surface area contributed by atoms with Gasteiger partial charge in [-0.3, -0.25) is 19.7 Å². The van der Waals surface area contributed by atoms with Crippen LogP contribution in [0, 0.1) is 17.8 Å². The molecule has 4 aliphatic rings. The van der Waals surface area contributed by atoms with Crippen molar-refractivity contribution in [2.24, 2.45) is 22.7 Å². The number of urea groups is 1. The lowest BCUT2D eigenvalue weighted by molar-refractivity contribution is -0.143. The number of β-amino-alcohol motifs (C(OH)–C–C–N with tert-alkyl or cyclic N) is 1. The largest absolute Gasteiger partial charge is 0.493 e. The number of benzene rings is 2. The Bertz CT molecular complexity index is 1810. The van der Waals surface area contributed by atoms with E-state index in [1.807, 2.05) is 78.2 Å². The summed E-state index contributed by atoms with van der Waals surface area (Å²) in [7, 11) is 0. The Balaban J connectivity index is 1.35. The third-order valence-corrected chi connectivity index (χ3v) is 11.5. The molecule has 258 valence electrons. The van der Waals surface area contributed by atoms with E-state index in [1.54, 1.807) is 11.1 Å². The fourth-order valence-electron chi connectivity index (χ4n) is 7.89. The number of carbonyl (C=O) groups excluding carboxylic acids is 2. The van der Waals surface area contributed by atoms with Gasteiger partial charge in [0.2, 0.25) is 5.91 Å². The number of ether oxygens (including phenoxy) is 1. The molecular weight excluding hydrogens is 661 g/mol. The zero-order chi connectivity index (χ0) is 35.0. The third kappa shape index (κ3) is 5.49. The van der Waals surface area contributed by atoms with E-state index in [1.165, 1.54) is 0 Å². The summed E-state index contributed by atoms with van der Waals surface area (Å²) in [5.41, 5.74) is 0.962. The number of amides is 3. The molecule has 2 saturated heterocycles. The Morgan fingerprint density at radius 2 is 1.49 bits per heavy atom. The van der Waals surface area contributed by atoms with E-state index in [0.29, 0.717) is 60.0 Å². The molecule has 3 aromatic rings. The van der Waals surface area contributed by atoms with E-state index in [-0.39, 0.29) is 35.1 Å². The van der Waals surface area contributed by atoms with Gasteiger partial charge in [-0.25, -0.2) is 4.79 Å². The molecule has 4 atom stereocenters. The van der Waals surface area contributed by atoms with Crippen LogP contribution in [0.25, 0.3) is 0 Å². The molecule has 7 rings (SSSR count). The summed E-state index contributed by atoms with van der Waals surface area (Å²) in [6.07, 6.45) is 1.33. The monoisotopic (exact) mass is 703 g/mol. The average molecular weight is 705 g/mol. The summed E-state index contributed by atoms with van der Waals surface area (Å²) in [4.78, 5) is 44.1. The maximum absolute atomic E-state index is 15.2. The molecule has 11 heteroatoms. The Morgan fingerprint density at radius 3 is 2.02 bits per heavy atom. The van der Waals surface area contributed by atoms with Crippen molar-refractivity contribution in [1.29, 1.82) is 0 Å². The summed E-state index contributed by atoms with van der Waals surface area (Å²) in [5.74, 6) is 1.22. The molecule has 3 aliphatic heterocycles. The molecule has 9 nitrogen and oxygen atoms in total. The Morgan fingerprint density at radius 1 is 0.918 bits per heavy atom. The molecular formula is C38H43Cl2N5O4. The van der Waals surface area contributed by atoms with Crippen molar-refractivity contribution in [2.75, 3.05) is 32.8 Å². The van der Waals surface area contributed by atoms with Gasteiger partial charge in [-0.15, -0.1) is 0 Å². The second kappa shape index (κ2) is 12.0. The molecule has 49 heavy (non-hydrogen) atoms. The minimum Gasteiger partial charge on any atom is -0.493 e. The molecule has 3 fully saturated rings. The average Bonchev–Trinajstić information content (AvgIpc) is 3.42. The molecule has 1 saturated carbocycles. The molecule has 1 aliphatic carbocycles. The molecule has 0 spiro atoms. The van der Waals surface area contributed by atoms with Gasteiger partial charge in [0.15, 0.2) is 0 Å². The predicted molar refractivity (Wildman–Crippen MR) is 190 cm³/mol. The fourth-order valence-corrected chi connectivity index (χ4v) is 8.15. The van der Waals surface area contributed by atoms with Crippen LogP contribution in [0.3, 0.4) is 0 Å². The number of pyridine rings is 1. The number of aliphatic hydroxyl groups excluding tert-OH is 1. The number of fused-ring (bicyclic) bond motifs is 1. The van der Waals surface area contributed by atoms with E-state index in [9.17, 15) is 9.90 Å². The number of amidine groups is 1. The van der Waals surface area contributed by atoms with Gasteiger partial charge in [-0.2, -0.15) is 0 Å². The van der Waals surface area contributed by atoms with Crippen molar-refractivity contribution < 1.29 is 19.4 Å². The lowest BCUT2D eigenvalue weighted by Gasteiger charge is -2.46. The minimum atomic E-state index is -1.04. The summed E-state index contributed by atoms with van der Waals surface area (Å²) in [5, 5.41) is 10.9. The van der Waals surface area contributed by atoms with Gasteiger partial charge < -0.3 is 19.6 Å². The summed E-state index contributed by atoms with van der Waals surface area (Å²) in [6, 6.07) is 17.0. The fraction of sp³-hybridized carbons (Fsp3) is 0.474. The van der Waals surface area contributed by atoms with Crippen LogP contribution in [0.2, 0.25) is 10.0 Å². The predicted octanol–water partition coefficient (Wildman–Crippen LogP) is 6.48. The van der Waals surface area contributed by atoms with E-state index in [4.69, 9.17) is 37.9 Å². The lowest BCUT2D eigenvalue weighted by atomic mass is 9.71. The van der Waals surface area contributed by atoms with Gasteiger partial charge >= 0.3 is 6.03 Å². The highest BCUT2D eigenvalue weighted by Gasteiger charge is 2.65. The summed E-state index contributed by atoms with van der Waals surface area (Å²) in [6.45, 7) is 14.5. The van der Waals surface area contributed by atoms with Crippen molar-refractivity contribution in [3.63, 3.8) is 0 Å². The van der Waals surface area contributed by atoms with Gasteiger partial charge in [0.05, 0.1) is 18.3 Å². The number of aliphatic imine (C=N–C) groups is 1. The van der Waals surface area contributed by atoms with Crippen LogP contribution in [-0.4, -0.2) is 81.5 Å². The SMILES string of the molecule is CCOc1cc(C(C)(C)C)ncc1C1=N[C@@](C)(c2ccc(Cl)cc2)[C@@](C)(c2ccc(Cl)cc2)N1C(=O)N1C[C@@H]2C(C(=O)N3CC(O)C3)[C@H]2C1. The van der Waals surface area contributed by atoms with Crippen LogP contribution < -0.4 is 4.74 Å². The second-order valence-electron chi connectivity index (χ2n) is 15.1. The Labute approximate surface area is 297 Å². The highest BCUT2D eigenvalue weighted by atomic mass is 35.5. The van der Waals surface area contributed by atoms with E-state index >= 15 is 4.79 Å². The smallest absolute Gasteiger partial charge is 0.326 e.